The fraction of sp³-hybridized carbons (Fsp3) is 0.429. The van der Waals surface area contributed by atoms with Crippen LogP contribution in [0.2, 0.25) is 0 Å². The number of hydrogen-bond donors (Lipinski definition) is 0. The molecule has 0 N–H and O–H groups in total. The molecule has 0 amide bonds. The van der Waals surface area contributed by atoms with E-state index in [1.165, 1.54) is 0 Å². The third-order valence-electron chi connectivity index (χ3n) is 3.29. The van der Waals surface area contributed by atoms with Crippen LogP contribution in [0.1, 0.15) is 29.6 Å². The molecule has 0 spiro atoms. The van der Waals surface area contributed by atoms with Gasteiger partial charge < -0.3 is 9.47 Å². The number of hydrogen-bond acceptors (Lipinski definition) is 4. The fourth-order valence-electron chi connectivity index (χ4n) is 1.81. The number of carbonyl (C=O) groups excluding carboxylic acids is 1. The second-order valence-electron chi connectivity index (χ2n) is 4.65. The van der Waals surface area contributed by atoms with E-state index in [2.05, 4.69) is 6.07 Å². The average molecular weight is 245 g/mol. The number of aldehydes is 1. The first-order chi connectivity index (χ1) is 8.73. The number of ether oxygens (including phenoxy) is 2. The highest BCUT2D eigenvalue weighted by atomic mass is 16.5. The molecule has 0 aliphatic heterocycles. The van der Waals surface area contributed by atoms with Crippen LogP contribution in [0.5, 0.6) is 11.5 Å². The Hall–Kier alpha value is -2.02. The lowest BCUT2D eigenvalue weighted by Gasteiger charge is -2.14. The molecule has 1 fully saturated rings. The van der Waals surface area contributed by atoms with Gasteiger partial charge >= 0.3 is 0 Å². The van der Waals surface area contributed by atoms with E-state index in [-0.39, 0.29) is 5.41 Å². The van der Waals surface area contributed by atoms with Gasteiger partial charge in [-0.3, -0.25) is 4.79 Å². The Balaban J connectivity index is 2.08. The predicted octanol–water partition coefficient (Wildman–Crippen LogP) is 2.58. The van der Waals surface area contributed by atoms with Crippen molar-refractivity contribution in [1.29, 1.82) is 5.26 Å². The molecule has 0 unspecified atom stereocenters. The Labute approximate surface area is 106 Å². The molecule has 1 aliphatic carbocycles. The highest BCUT2D eigenvalue weighted by Crippen LogP contribution is 2.48. The zero-order chi connectivity index (χ0) is 13.0. The van der Waals surface area contributed by atoms with Gasteiger partial charge in [0.1, 0.15) is 11.5 Å². The molecule has 1 aromatic rings. The molecule has 4 nitrogen and oxygen atoms in total. The Morgan fingerprint density at radius 2 is 2.28 bits per heavy atom. The third kappa shape index (κ3) is 2.62. The van der Waals surface area contributed by atoms with Crippen LogP contribution in [-0.4, -0.2) is 20.0 Å². The Kier molecular flexibility index (Phi) is 3.52. The van der Waals surface area contributed by atoms with Gasteiger partial charge in [-0.1, -0.05) is 0 Å². The van der Waals surface area contributed by atoms with E-state index in [4.69, 9.17) is 14.7 Å². The van der Waals surface area contributed by atoms with E-state index in [1.54, 1.807) is 25.3 Å². The maximum atomic E-state index is 10.9. The minimum Gasteiger partial charge on any atom is -0.497 e. The summed E-state index contributed by atoms with van der Waals surface area (Å²) in [4.78, 5) is 10.9. The highest BCUT2D eigenvalue weighted by molar-refractivity contribution is 5.79. The highest BCUT2D eigenvalue weighted by Gasteiger charge is 2.43. The largest absolute Gasteiger partial charge is 0.497 e. The number of nitrogens with zero attached hydrogens (tertiary/aromatic N) is 1. The minimum absolute atomic E-state index is 0.00200. The van der Waals surface area contributed by atoms with E-state index < -0.39 is 0 Å². The Morgan fingerprint density at radius 1 is 1.50 bits per heavy atom. The summed E-state index contributed by atoms with van der Waals surface area (Å²) in [5.41, 5.74) is 0.501. The van der Waals surface area contributed by atoms with Crippen LogP contribution in [0.25, 0.3) is 0 Å². The van der Waals surface area contributed by atoms with Crippen LogP contribution in [0.4, 0.5) is 0 Å². The number of benzene rings is 1. The first-order valence-corrected chi connectivity index (χ1v) is 5.86. The quantitative estimate of drug-likeness (QED) is 0.723. The molecule has 0 atom stereocenters. The lowest BCUT2D eigenvalue weighted by atomic mass is 10.1. The lowest BCUT2D eigenvalue weighted by molar-refractivity contribution is 0.111. The number of rotatable bonds is 6. The molecule has 94 valence electrons. The monoisotopic (exact) mass is 245 g/mol. The summed E-state index contributed by atoms with van der Waals surface area (Å²) in [6, 6.07) is 7.28. The molecule has 0 bridgehead atoms. The second-order valence-corrected chi connectivity index (χ2v) is 4.65. The van der Waals surface area contributed by atoms with Gasteiger partial charge in [0.15, 0.2) is 6.29 Å². The van der Waals surface area contributed by atoms with Gasteiger partial charge in [-0.05, 0) is 25.0 Å². The Morgan fingerprint density at radius 3 is 2.83 bits per heavy atom. The molecule has 1 aromatic carbocycles. The molecule has 0 heterocycles. The van der Waals surface area contributed by atoms with Crippen molar-refractivity contribution in [1.82, 2.24) is 0 Å². The third-order valence-corrected chi connectivity index (χ3v) is 3.29. The zero-order valence-corrected chi connectivity index (χ0v) is 10.3. The summed E-state index contributed by atoms with van der Waals surface area (Å²) in [5.74, 6) is 1.18. The van der Waals surface area contributed by atoms with Crippen molar-refractivity contribution < 1.29 is 14.3 Å². The number of nitriles is 1. The van der Waals surface area contributed by atoms with Crippen molar-refractivity contribution in [3.8, 4) is 17.6 Å². The standard InChI is InChI=1S/C14H15NO3/c1-17-12-3-2-11(9-16)13(8-12)18-10-14(4-5-14)6-7-15/h2-3,8-9H,4-6,10H2,1H3. The summed E-state index contributed by atoms with van der Waals surface area (Å²) < 4.78 is 10.8. The summed E-state index contributed by atoms with van der Waals surface area (Å²) in [7, 11) is 1.57. The summed E-state index contributed by atoms with van der Waals surface area (Å²) in [5, 5.41) is 8.74. The molecular weight excluding hydrogens is 230 g/mol. The van der Waals surface area contributed by atoms with E-state index >= 15 is 0 Å². The maximum absolute atomic E-state index is 10.9. The van der Waals surface area contributed by atoms with Crippen molar-refractivity contribution >= 4 is 6.29 Å². The van der Waals surface area contributed by atoms with Crippen molar-refractivity contribution in [3.63, 3.8) is 0 Å². The first kappa shape index (κ1) is 12.4. The van der Waals surface area contributed by atoms with E-state index in [9.17, 15) is 4.79 Å². The van der Waals surface area contributed by atoms with E-state index in [0.29, 0.717) is 30.1 Å². The molecular formula is C14H15NO3. The number of carbonyl (C=O) groups is 1. The van der Waals surface area contributed by atoms with Crippen LogP contribution < -0.4 is 9.47 Å². The summed E-state index contributed by atoms with van der Waals surface area (Å²) >= 11 is 0. The van der Waals surface area contributed by atoms with Gasteiger partial charge in [-0.25, -0.2) is 0 Å². The van der Waals surface area contributed by atoms with E-state index in [1.807, 2.05) is 0 Å². The predicted molar refractivity (Wildman–Crippen MR) is 65.8 cm³/mol. The molecule has 0 saturated heterocycles. The second kappa shape index (κ2) is 5.09. The van der Waals surface area contributed by atoms with Crippen LogP contribution in [0.15, 0.2) is 18.2 Å². The van der Waals surface area contributed by atoms with Crippen molar-refractivity contribution in [2.24, 2.45) is 5.41 Å². The molecule has 0 aromatic heterocycles. The van der Waals surface area contributed by atoms with Gasteiger partial charge in [0, 0.05) is 17.9 Å². The smallest absolute Gasteiger partial charge is 0.153 e. The van der Waals surface area contributed by atoms with Crippen molar-refractivity contribution in [3.05, 3.63) is 23.8 Å². The molecule has 2 rings (SSSR count). The van der Waals surface area contributed by atoms with Crippen LogP contribution in [0, 0.1) is 16.7 Å². The van der Waals surface area contributed by atoms with Gasteiger partial charge in [-0.15, -0.1) is 0 Å². The zero-order valence-electron chi connectivity index (χ0n) is 10.3. The SMILES string of the molecule is COc1ccc(C=O)c(OCC2(CC#N)CC2)c1. The molecule has 1 saturated carbocycles. The molecule has 0 radical (unpaired) electrons. The summed E-state index contributed by atoms with van der Waals surface area (Å²) in [6.07, 6.45) is 3.30. The van der Waals surface area contributed by atoms with Crippen LogP contribution >= 0.6 is 0 Å². The molecule has 1 aliphatic rings. The first-order valence-electron chi connectivity index (χ1n) is 5.86. The lowest BCUT2D eigenvalue weighted by Crippen LogP contribution is -2.13. The summed E-state index contributed by atoms with van der Waals surface area (Å²) in [6.45, 7) is 0.481. The van der Waals surface area contributed by atoms with Gasteiger partial charge in [0.25, 0.3) is 0 Å². The van der Waals surface area contributed by atoms with Gasteiger partial charge in [0.05, 0.1) is 25.3 Å². The van der Waals surface area contributed by atoms with Crippen molar-refractivity contribution in [2.75, 3.05) is 13.7 Å². The maximum Gasteiger partial charge on any atom is 0.153 e. The fourth-order valence-corrected chi connectivity index (χ4v) is 1.81. The number of methoxy groups -OCH3 is 1. The minimum atomic E-state index is -0.00200. The Bertz CT molecular complexity index is 486. The van der Waals surface area contributed by atoms with Gasteiger partial charge in [-0.2, -0.15) is 5.26 Å². The van der Waals surface area contributed by atoms with E-state index in [0.717, 1.165) is 19.1 Å². The topological polar surface area (TPSA) is 59.3 Å². The molecule has 4 heteroatoms. The average Bonchev–Trinajstić information content (AvgIpc) is 3.16. The molecule has 18 heavy (non-hydrogen) atoms. The van der Waals surface area contributed by atoms with Crippen molar-refractivity contribution in [2.45, 2.75) is 19.3 Å². The van der Waals surface area contributed by atoms with Crippen LogP contribution in [0.3, 0.4) is 0 Å². The van der Waals surface area contributed by atoms with Crippen LogP contribution in [-0.2, 0) is 0 Å². The van der Waals surface area contributed by atoms with Gasteiger partial charge in [0.2, 0.25) is 0 Å². The normalized spacial score (nSPS) is 15.6.